The molecule has 1 aliphatic rings. The maximum absolute atomic E-state index is 3.68. The molecule has 0 radical (unpaired) electrons. The molecule has 0 aliphatic heterocycles. The van der Waals surface area contributed by atoms with Crippen molar-refractivity contribution in [3.63, 3.8) is 0 Å². The van der Waals surface area contributed by atoms with E-state index in [4.69, 9.17) is 0 Å². The van der Waals surface area contributed by atoms with Crippen LogP contribution in [0.4, 0.5) is 0 Å². The summed E-state index contributed by atoms with van der Waals surface area (Å²) in [4.78, 5) is 0. The predicted molar refractivity (Wildman–Crippen MR) is 77.1 cm³/mol. The van der Waals surface area contributed by atoms with Crippen molar-refractivity contribution in [2.75, 3.05) is 6.54 Å². The van der Waals surface area contributed by atoms with Gasteiger partial charge < -0.3 is 5.32 Å². The van der Waals surface area contributed by atoms with Gasteiger partial charge in [0.15, 0.2) is 0 Å². The van der Waals surface area contributed by atoms with E-state index in [1.807, 2.05) is 0 Å². The van der Waals surface area contributed by atoms with Crippen molar-refractivity contribution in [3.8, 4) is 0 Å². The Balaban J connectivity index is 2.08. The topological polar surface area (TPSA) is 12.0 Å². The highest BCUT2D eigenvalue weighted by Crippen LogP contribution is 2.34. The van der Waals surface area contributed by atoms with Gasteiger partial charge in [-0.1, -0.05) is 66.7 Å². The van der Waals surface area contributed by atoms with E-state index in [9.17, 15) is 0 Å². The second kappa shape index (κ2) is 6.55. The summed E-state index contributed by atoms with van der Waals surface area (Å²) in [5.74, 6) is 0.922. The third-order valence-electron chi connectivity index (χ3n) is 3.77. The zero-order valence-electron chi connectivity index (χ0n) is 10.6. The Morgan fingerprint density at radius 2 is 2.00 bits per heavy atom. The van der Waals surface area contributed by atoms with Crippen LogP contribution < -0.4 is 5.32 Å². The molecule has 1 atom stereocenters. The van der Waals surface area contributed by atoms with Gasteiger partial charge >= 0.3 is 0 Å². The van der Waals surface area contributed by atoms with Gasteiger partial charge in [-0.2, -0.15) is 0 Å². The summed E-state index contributed by atoms with van der Waals surface area (Å²) in [6.45, 7) is 3.23. The lowest BCUT2D eigenvalue weighted by atomic mass is 9.93. The second-order valence-corrected chi connectivity index (χ2v) is 5.87. The summed E-state index contributed by atoms with van der Waals surface area (Å²) in [5.41, 5.74) is 1.42. The Morgan fingerprint density at radius 3 is 2.65 bits per heavy atom. The minimum atomic E-state index is 0.513. The lowest BCUT2D eigenvalue weighted by Crippen LogP contribution is -2.23. The minimum Gasteiger partial charge on any atom is -0.310 e. The van der Waals surface area contributed by atoms with Crippen LogP contribution in [-0.2, 0) is 0 Å². The lowest BCUT2D eigenvalue weighted by molar-refractivity contribution is 0.400. The van der Waals surface area contributed by atoms with Gasteiger partial charge in [-0.15, -0.1) is 0 Å². The fraction of sp³-hybridized carbons (Fsp3) is 0.600. The number of halogens is 1. The van der Waals surface area contributed by atoms with Crippen LogP contribution >= 0.6 is 15.9 Å². The molecule has 1 nitrogen and oxygen atoms in total. The fourth-order valence-corrected chi connectivity index (χ4v) is 3.46. The Hall–Kier alpha value is -0.340. The fourth-order valence-electron chi connectivity index (χ4n) is 2.90. The SMILES string of the molecule is CCNC(CC1CCCC1)c1ccccc1Br. The third kappa shape index (κ3) is 3.56. The zero-order valence-corrected chi connectivity index (χ0v) is 12.2. The van der Waals surface area contributed by atoms with Crippen LogP contribution in [0.5, 0.6) is 0 Å². The highest BCUT2D eigenvalue weighted by Gasteiger charge is 2.21. The number of rotatable bonds is 5. The second-order valence-electron chi connectivity index (χ2n) is 5.02. The Morgan fingerprint density at radius 1 is 1.29 bits per heavy atom. The summed E-state index contributed by atoms with van der Waals surface area (Å²) in [5, 5.41) is 3.64. The molecular formula is C15H22BrN. The van der Waals surface area contributed by atoms with Crippen LogP contribution in [0.1, 0.15) is 50.6 Å². The number of benzene rings is 1. The summed E-state index contributed by atoms with van der Waals surface area (Å²) < 4.78 is 1.24. The highest BCUT2D eigenvalue weighted by molar-refractivity contribution is 9.10. The van der Waals surface area contributed by atoms with Gasteiger partial charge in [0.2, 0.25) is 0 Å². The van der Waals surface area contributed by atoms with Gasteiger partial charge in [-0.05, 0) is 30.5 Å². The molecule has 94 valence electrons. The van der Waals surface area contributed by atoms with Crippen molar-refractivity contribution in [3.05, 3.63) is 34.3 Å². The lowest BCUT2D eigenvalue weighted by Gasteiger charge is -2.23. The van der Waals surface area contributed by atoms with E-state index in [0.717, 1.165) is 12.5 Å². The van der Waals surface area contributed by atoms with Crippen molar-refractivity contribution in [1.29, 1.82) is 0 Å². The molecule has 0 spiro atoms. The number of hydrogen-bond acceptors (Lipinski definition) is 1. The highest BCUT2D eigenvalue weighted by atomic mass is 79.9. The molecule has 1 fully saturated rings. The van der Waals surface area contributed by atoms with Gasteiger partial charge in [0, 0.05) is 10.5 Å². The molecule has 1 unspecified atom stereocenters. The standard InChI is InChI=1S/C15H22BrN/c1-2-17-15(11-12-7-3-4-8-12)13-9-5-6-10-14(13)16/h5-6,9-10,12,15,17H,2-4,7-8,11H2,1H3. The molecule has 1 aliphatic carbocycles. The monoisotopic (exact) mass is 295 g/mol. The predicted octanol–water partition coefficient (Wildman–Crippen LogP) is 4.68. The Bertz CT molecular complexity index is 345. The molecule has 2 rings (SSSR count). The van der Waals surface area contributed by atoms with Gasteiger partial charge in [0.25, 0.3) is 0 Å². The van der Waals surface area contributed by atoms with E-state index < -0.39 is 0 Å². The van der Waals surface area contributed by atoms with Crippen molar-refractivity contribution in [2.45, 2.75) is 45.1 Å². The van der Waals surface area contributed by atoms with Crippen LogP contribution in [-0.4, -0.2) is 6.54 Å². The Labute approximate surface area is 113 Å². The first-order valence-corrected chi connectivity index (χ1v) is 7.58. The van der Waals surface area contributed by atoms with E-state index in [1.54, 1.807) is 0 Å². The molecule has 0 bridgehead atoms. The van der Waals surface area contributed by atoms with Crippen LogP contribution in [0.3, 0.4) is 0 Å². The molecule has 1 aromatic rings. The molecule has 1 saturated carbocycles. The summed E-state index contributed by atoms with van der Waals surface area (Å²) in [6.07, 6.45) is 6.99. The maximum atomic E-state index is 3.68. The van der Waals surface area contributed by atoms with Crippen LogP contribution in [0.25, 0.3) is 0 Å². The van der Waals surface area contributed by atoms with E-state index >= 15 is 0 Å². The number of nitrogens with one attached hydrogen (secondary N) is 1. The largest absolute Gasteiger partial charge is 0.310 e. The zero-order chi connectivity index (χ0) is 12.1. The molecule has 0 aromatic heterocycles. The molecule has 0 saturated heterocycles. The first-order valence-electron chi connectivity index (χ1n) is 6.79. The molecule has 17 heavy (non-hydrogen) atoms. The van der Waals surface area contributed by atoms with Crippen molar-refractivity contribution in [2.24, 2.45) is 5.92 Å². The normalized spacial score (nSPS) is 18.5. The average molecular weight is 296 g/mol. The molecule has 1 aromatic carbocycles. The van der Waals surface area contributed by atoms with Gasteiger partial charge in [0.05, 0.1) is 0 Å². The third-order valence-corrected chi connectivity index (χ3v) is 4.50. The van der Waals surface area contributed by atoms with E-state index in [1.165, 1.54) is 42.1 Å². The van der Waals surface area contributed by atoms with Crippen molar-refractivity contribution in [1.82, 2.24) is 5.32 Å². The summed E-state index contributed by atoms with van der Waals surface area (Å²) in [6, 6.07) is 9.13. The molecular weight excluding hydrogens is 274 g/mol. The summed E-state index contributed by atoms with van der Waals surface area (Å²) >= 11 is 3.68. The summed E-state index contributed by atoms with van der Waals surface area (Å²) in [7, 11) is 0. The van der Waals surface area contributed by atoms with Gasteiger partial charge in [0.1, 0.15) is 0 Å². The first kappa shape index (κ1) is 13.1. The molecule has 1 N–H and O–H groups in total. The Kier molecular flexibility index (Phi) is 5.05. The molecule has 2 heteroatoms. The van der Waals surface area contributed by atoms with Crippen LogP contribution in [0.2, 0.25) is 0 Å². The van der Waals surface area contributed by atoms with E-state index in [0.29, 0.717) is 6.04 Å². The van der Waals surface area contributed by atoms with E-state index in [-0.39, 0.29) is 0 Å². The van der Waals surface area contributed by atoms with Crippen molar-refractivity contribution < 1.29 is 0 Å². The molecule has 0 amide bonds. The number of hydrogen-bond donors (Lipinski definition) is 1. The quantitative estimate of drug-likeness (QED) is 0.832. The molecule has 0 heterocycles. The van der Waals surface area contributed by atoms with E-state index in [2.05, 4.69) is 52.4 Å². The smallest absolute Gasteiger partial charge is 0.0333 e. The van der Waals surface area contributed by atoms with Crippen LogP contribution in [0, 0.1) is 5.92 Å². The van der Waals surface area contributed by atoms with Gasteiger partial charge in [-0.25, -0.2) is 0 Å². The van der Waals surface area contributed by atoms with Crippen LogP contribution in [0.15, 0.2) is 28.7 Å². The first-order chi connectivity index (χ1) is 8.31. The van der Waals surface area contributed by atoms with Gasteiger partial charge in [-0.3, -0.25) is 0 Å². The maximum Gasteiger partial charge on any atom is 0.0333 e. The average Bonchev–Trinajstić information content (AvgIpc) is 2.82. The van der Waals surface area contributed by atoms with Crippen molar-refractivity contribution >= 4 is 15.9 Å². The minimum absolute atomic E-state index is 0.513.